The molecule has 2 N–H and O–H groups in total. The largest absolute Gasteiger partial charge is 0.495 e. The minimum atomic E-state index is 0.638. The van der Waals surface area contributed by atoms with Crippen LogP contribution >= 0.6 is 0 Å². The van der Waals surface area contributed by atoms with Gasteiger partial charge in [-0.3, -0.25) is 0 Å². The SMILES string of the molecule is COc1cc(N2CC[C@@H](N(C)C)C2)ccc1N. The molecule has 0 radical (unpaired) electrons. The number of likely N-dealkylation sites (N-methyl/N-ethyl adjacent to an activating group) is 1. The Morgan fingerprint density at radius 1 is 1.41 bits per heavy atom. The van der Waals surface area contributed by atoms with Crippen molar-refractivity contribution < 1.29 is 4.74 Å². The summed E-state index contributed by atoms with van der Waals surface area (Å²) in [5.74, 6) is 0.760. The lowest BCUT2D eigenvalue weighted by Gasteiger charge is -2.22. The number of nitrogen functional groups attached to an aromatic ring is 1. The highest BCUT2D eigenvalue weighted by molar-refractivity contribution is 5.62. The van der Waals surface area contributed by atoms with Gasteiger partial charge in [-0.25, -0.2) is 0 Å². The summed E-state index contributed by atoms with van der Waals surface area (Å²) in [7, 11) is 5.93. The lowest BCUT2D eigenvalue weighted by Crippen LogP contribution is -2.31. The molecular formula is C13H21N3O. The number of rotatable bonds is 3. The first-order valence-electron chi connectivity index (χ1n) is 5.96. The molecule has 4 heteroatoms. The molecule has 1 fully saturated rings. The molecular weight excluding hydrogens is 214 g/mol. The van der Waals surface area contributed by atoms with Crippen molar-refractivity contribution in [2.24, 2.45) is 0 Å². The van der Waals surface area contributed by atoms with E-state index in [1.165, 1.54) is 12.1 Å². The second-order valence-corrected chi connectivity index (χ2v) is 4.78. The normalized spacial score (nSPS) is 20.0. The monoisotopic (exact) mass is 235 g/mol. The van der Waals surface area contributed by atoms with E-state index in [1.807, 2.05) is 12.1 Å². The predicted octanol–water partition coefficient (Wildman–Crippen LogP) is 1.42. The first kappa shape index (κ1) is 12.0. The standard InChI is InChI=1S/C13H21N3O/c1-15(2)11-6-7-16(9-11)10-4-5-12(14)13(8-10)17-3/h4-5,8,11H,6-7,9,14H2,1-3H3/t11-/m1/s1. The Kier molecular flexibility index (Phi) is 3.43. The predicted molar refractivity (Wildman–Crippen MR) is 71.7 cm³/mol. The minimum Gasteiger partial charge on any atom is -0.495 e. The van der Waals surface area contributed by atoms with E-state index in [-0.39, 0.29) is 0 Å². The average Bonchev–Trinajstić information content (AvgIpc) is 2.79. The third kappa shape index (κ3) is 2.47. The molecule has 17 heavy (non-hydrogen) atoms. The molecule has 2 rings (SSSR count). The summed E-state index contributed by atoms with van der Waals surface area (Å²) < 4.78 is 5.26. The van der Waals surface area contributed by atoms with Gasteiger partial charge in [0, 0.05) is 30.9 Å². The van der Waals surface area contributed by atoms with E-state index in [9.17, 15) is 0 Å². The molecule has 1 heterocycles. The maximum Gasteiger partial charge on any atom is 0.143 e. The molecule has 4 nitrogen and oxygen atoms in total. The van der Waals surface area contributed by atoms with Crippen LogP contribution in [0.2, 0.25) is 0 Å². The van der Waals surface area contributed by atoms with Crippen molar-refractivity contribution in [2.45, 2.75) is 12.5 Å². The van der Waals surface area contributed by atoms with E-state index in [4.69, 9.17) is 10.5 Å². The summed E-state index contributed by atoms with van der Waals surface area (Å²) in [6.45, 7) is 2.16. The molecule has 94 valence electrons. The third-order valence-electron chi connectivity index (χ3n) is 3.48. The number of anilines is 2. The zero-order chi connectivity index (χ0) is 12.4. The molecule has 1 aliphatic heterocycles. The van der Waals surface area contributed by atoms with Gasteiger partial charge < -0.3 is 20.3 Å². The smallest absolute Gasteiger partial charge is 0.143 e. The number of hydrogen-bond donors (Lipinski definition) is 1. The Hall–Kier alpha value is -1.42. The maximum atomic E-state index is 5.82. The van der Waals surface area contributed by atoms with Crippen LogP contribution in [0.15, 0.2) is 18.2 Å². The van der Waals surface area contributed by atoms with Gasteiger partial charge in [0.15, 0.2) is 0 Å². The molecule has 1 atom stereocenters. The molecule has 0 spiro atoms. The van der Waals surface area contributed by atoms with Gasteiger partial charge in [-0.1, -0.05) is 0 Å². The van der Waals surface area contributed by atoms with Crippen molar-refractivity contribution in [3.63, 3.8) is 0 Å². The van der Waals surface area contributed by atoms with E-state index in [1.54, 1.807) is 7.11 Å². The van der Waals surface area contributed by atoms with Crippen LogP contribution in [0.1, 0.15) is 6.42 Å². The summed E-state index contributed by atoms with van der Waals surface area (Å²) in [4.78, 5) is 4.67. The van der Waals surface area contributed by atoms with Crippen molar-refractivity contribution in [1.82, 2.24) is 4.90 Å². The zero-order valence-corrected chi connectivity index (χ0v) is 10.8. The summed E-state index contributed by atoms with van der Waals surface area (Å²) >= 11 is 0. The second-order valence-electron chi connectivity index (χ2n) is 4.78. The highest BCUT2D eigenvalue weighted by atomic mass is 16.5. The van der Waals surface area contributed by atoms with Crippen molar-refractivity contribution in [2.75, 3.05) is 44.9 Å². The fraction of sp³-hybridized carbons (Fsp3) is 0.538. The number of nitrogens with zero attached hydrogens (tertiary/aromatic N) is 2. The zero-order valence-electron chi connectivity index (χ0n) is 10.8. The molecule has 0 amide bonds. The van der Waals surface area contributed by atoms with Crippen LogP contribution in [-0.2, 0) is 0 Å². The Balaban J connectivity index is 2.13. The number of benzene rings is 1. The lowest BCUT2D eigenvalue weighted by molar-refractivity contribution is 0.315. The fourth-order valence-electron chi connectivity index (χ4n) is 2.29. The highest BCUT2D eigenvalue weighted by Crippen LogP contribution is 2.29. The van der Waals surface area contributed by atoms with E-state index < -0.39 is 0 Å². The van der Waals surface area contributed by atoms with Crippen LogP contribution < -0.4 is 15.4 Å². The quantitative estimate of drug-likeness (QED) is 0.805. The second kappa shape index (κ2) is 4.84. The Morgan fingerprint density at radius 3 is 2.76 bits per heavy atom. The van der Waals surface area contributed by atoms with Gasteiger partial charge in [0.1, 0.15) is 5.75 Å². The van der Waals surface area contributed by atoms with Crippen molar-refractivity contribution in [3.8, 4) is 5.75 Å². The van der Waals surface area contributed by atoms with E-state index in [0.29, 0.717) is 11.7 Å². The maximum absolute atomic E-state index is 5.82. The van der Waals surface area contributed by atoms with Gasteiger partial charge in [-0.05, 0) is 32.6 Å². The van der Waals surface area contributed by atoms with Gasteiger partial charge in [0.2, 0.25) is 0 Å². The molecule has 0 aromatic heterocycles. The first-order chi connectivity index (χ1) is 8.11. The van der Waals surface area contributed by atoms with Crippen molar-refractivity contribution >= 4 is 11.4 Å². The van der Waals surface area contributed by atoms with Crippen LogP contribution in [0.4, 0.5) is 11.4 Å². The van der Waals surface area contributed by atoms with Gasteiger partial charge >= 0.3 is 0 Å². The lowest BCUT2D eigenvalue weighted by atomic mass is 10.2. The Labute approximate surface area is 103 Å². The topological polar surface area (TPSA) is 41.7 Å². The van der Waals surface area contributed by atoms with E-state index >= 15 is 0 Å². The summed E-state index contributed by atoms with van der Waals surface area (Å²) in [6.07, 6.45) is 1.21. The summed E-state index contributed by atoms with van der Waals surface area (Å²) in [5.41, 5.74) is 7.71. The molecule has 1 aromatic rings. The first-order valence-corrected chi connectivity index (χ1v) is 5.96. The molecule has 0 aliphatic carbocycles. The van der Waals surface area contributed by atoms with Gasteiger partial charge in [0.05, 0.1) is 12.8 Å². The molecule has 0 saturated carbocycles. The highest BCUT2D eigenvalue weighted by Gasteiger charge is 2.24. The van der Waals surface area contributed by atoms with Gasteiger partial charge in [-0.2, -0.15) is 0 Å². The number of nitrogens with two attached hydrogens (primary N) is 1. The van der Waals surface area contributed by atoms with E-state index in [0.717, 1.165) is 18.8 Å². The van der Waals surface area contributed by atoms with Gasteiger partial charge in [0.25, 0.3) is 0 Å². The minimum absolute atomic E-state index is 0.638. The average molecular weight is 235 g/mol. The summed E-state index contributed by atoms with van der Waals surface area (Å²) in [5, 5.41) is 0. The molecule has 1 saturated heterocycles. The molecule has 0 bridgehead atoms. The third-order valence-corrected chi connectivity index (χ3v) is 3.48. The molecule has 1 aromatic carbocycles. The van der Waals surface area contributed by atoms with Crippen molar-refractivity contribution in [1.29, 1.82) is 0 Å². The van der Waals surface area contributed by atoms with Crippen molar-refractivity contribution in [3.05, 3.63) is 18.2 Å². The summed E-state index contributed by atoms with van der Waals surface area (Å²) in [6, 6.07) is 6.64. The Bertz CT molecular complexity index is 392. The van der Waals surface area contributed by atoms with Crippen LogP contribution in [0, 0.1) is 0 Å². The van der Waals surface area contributed by atoms with Crippen LogP contribution in [-0.4, -0.2) is 45.2 Å². The van der Waals surface area contributed by atoms with Crippen LogP contribution in [0.3, 0.4) is 0 Å². The van der Waals surface area contributed by atoms with Crippen LogP contribution in [0.5, 0.6) is 5.75 Å². The number of hydrogen-bond acceptors (Lipinski definition) is 4. The van der Waals surface area contributed by atoms with Gasteiger partial charge in [-0.15, -0.1) is 0 Å². The Morgan fingerprint density at radius 2 is 2.18 bits per heavy atom. The molecule has 0 unspecified atom stereocenters. The van der Waals surface area contributed by atoms with E-state index in [2.05, 4.69) is 30.0 Å². The number of ether oxygens (including phenoxy) is 1. The fourth-order valence-corrected chi connectivity index (χ4v) is 2.29. The number of methoxy groups -OCH3 is 1. The van der Waals surface area contributed by atoms with Crippen LogP contribution in [0.25, 0.3) is 0 Å². The molecule has 1 aliphatic rings.